The largest absolute Gasteiger partial charge is 0.310 e. The molecule has 1 aliphatic carbocycles. The molecule has 2 nitrogen and oxygen atoms in total. The quantitative estimate of drug-likeness (QED) is 0.854. The third-order valence-corrected chi connectivity index (χ3v) is 4.03. The number of pyridine rings is 1. The Labute approximate surface area is 104 Å². The zero-order valence-electron chi connectivity index (χ0n) is 9.12. The second-order valence-corrected chi connectivity index (χ2v) is 5.54. The molecule has 0 saturated carbocycles. The fraction of sp³-hybridized carbons (Fsp3) is 0.462. The third-order valence-electron chi connectivity index (χ3n) is 3.60. The van der Waals surface area contributed by atoms with Crippen molar-refractivity contribution >= 4 is 21.5 Å². The van der Waals surface area contributed by atoms with Crippen LogP contribution in [0.2, 0.25) is 0 Å². The first-order valence-electron chi connectivity index (χ1n) is 5.89. The van der Waals surface area contributed by atoms with Crippen LogP contribution in [0.3, 0.4) is 0 Å². The summed E-state index contributed by atoms with van der Waals surface area (Å²) in [4.78, 5) is 4.25. The van der Waals surface area contributed by atoms with Gasteiger partial charge in [-0.25, -0.2) is 0 Å². The second-order valence-electron chi connectivity index (χ2n) is 4.62. The second kappa shape index (κ2) is 4.30. The Morgan fingerprint density at radius 3 is 3.19 bits per heavy atom. The number of fused-ring (bicyclic) bond motifs is 1. The lowest BCUT2D eigenvalue weighted by molar-refractivity contribution is 0.346. The summed E-state index contributed by atoms with van der Waals surface area (Å²) < 4.78 is 1.06. The average molecular weight is 279 g/mol. The molecule has 0 radical (unpaired) electrons. The lowest BCUT2D eigenvalue weighted by Gasteiger charge is -2.29. The summed E-state index contributed by atoms with van der Waals surface area (Å²) in [6, 6.07) is 2.72. The number of aromatic nitrogens is 1. The summed E-state index contributed by atoms with van der Waals surface area (Å²) in [6.45, 7) is 1.15. The molecule has 0 unspecified atom stereocenters. The number of piperidine rings is 1. The van der Waals surface area contributed by atoms with Crippen molar-refractivity contribution in [3.8, 4) is 0 Å². The van der Waals surface area contributed by atoms with Gasteiger partial charge in [0.05, 0.1) is 0 Å². The molecule has 0 bridgehead atoms. The fourth-order valence-corrected chi connectivity index (χ4v) is 3.21. The summed E-state index contributed by atoms with van der Waals surface area (Å²) in [5.74, 6) is 0.808. The molecule has 1 aliphatic heterocycles. The smallest absolute Gasteiger partial charge is 0.0410 e. The molecule has 2 aliphatic rings. The van der Waals surface area contributed by atoms with Crippen molar-refractivity contribution in [3.05, 3.63) is 34.6 Å². The summed E-state index contributed by atoms with van der Waals surface area (Å²) in [7, 11) is 0. The van der Waals surface area contributed by atoms with E-state index in [0.717, 1.165) is 16.9 Å². The normalized spacial score (nSPS) is 28.7. The molecule has 0 aromatic carbocycles. The maximum atomic E-state index is 4.25. The number of nitrogens with zero attached hydrogens (tertiary/aromatic N) is 1. The van der Waals surface area contributed by atoms with E-state index in [0.29, 0.717) is 6.04 Å². The Balaban J connectivity index is 1.90. The van der Waals surface area contributed by atoms with Crippen LogP contribution in [0.1, 0.15) is 24.8 Å². The SMILES string of the molecule is Brc1cncc(C2=CC[C@@H]3CCCN[C@H]23)c1. The highest BCUT2D eigenvalue weighted by Crippen LogP contribution is 2.37. The molecule has 0 spiro atoms. The Hall–Kier alpha value is -0.670. The van der Waals surface area contributed by atoms with E-state index in [-0.39, 0.29) is 0 Å². The van der Waals surface area contributed by atoms with E-state index in [2.05, 4.69) is 38.4 Å². The fourth-order valence-electron chi connectivity index (χ4n) is 2.85. The maximum absolute atomic E-state index is 4.25. The Morgan fingerprint density at radius 2 is 2.31 bits per heavy atom. The number of halogens is 1. The molecule has 1 aromatic rings. The first-order chi connectivity index (χ1) is 7.84. The number of rotatable bonds is 1. The standard InChI is InChI=1S/C13H15BrN2/c14-11-6-10(7-15-8-11)12-4-3-9-2-1-5-16-13(9)12/h4,6-9,13,16H,1-3,5H2/t9-,13-/m0/s1. The van der Waals surface area contributed by atoms with Crippen LogP contribution in [0.15, 0.2) is 29.0 Å². The van der Waals surface area contributed by atoms with Gasteiger partial charge >= 0.3 is 0 Å². The van der Waals surface area contributed by atoms with E-state index < -0.39 is 0 Å². The van der Waals surface area contributed by atoms with Gasteiger partial charge in [0, 0.05) is 22.9 Å². The molecule has 0 amide bonds. The molecule has 2 heterocycles. The van der Waals surface area contributed by atoms with Gasteiger partial charge in [-0.15, -0.1) is 0 Å². The predicted octanol–water partition coefficient (Wildman–Crippen LogP) is 3.00. The topological polar surface area (TPSA) is 24.9 Å². The third kappa shape index (κ3) is 1.82. The van der Waals surface area contributed by atoms with Gasteiger partial charge in [-0.2, -0.15) is 0 Å². The van der Waals surface area contributed by atoms with E-state index in [4.69, 9.17) is 0 Å². The molecule has 3 heteroatoms. The van der Waals surface area contributed by atoms with E-state index >= 15 is 0 Å². The number of allylic oxidation sites excluding steroid dienone is 1. The zero-order valence-corrected chi connectivity index (χ0v) is 10.7. The van der Waals surface area contributed by atoms with Crippen LogP contribution in [-0.4, -0.2) is 17.6 Å². The van der Waals surface area contributed by atoms with Crippen LogP contribution >= 0.6 is 15.9 Å². The van der Waals surface area contributed by atoms with Crippen molar-refractivity contribution in [2.24, 2.45) is 5.92 Å². The van der Waals surface area contributed by atoms with Crippen LogP contribution in [0, 0.1) is 5.92 Å². The Kier molecular flexibility index (Phi) is 2.82. The first-order valence-corrected chi connectivity index (χ1v) is 6.68. The highest BCUT2D eigenvalue weighted by atomic mass is 79.9. The van der Waals surface area contributed by atoms with E-state index in [1.54, 1.807) is 0 Å². The first kappa shape index (κ1) is 10.5. The van der Waals surface area contributed by atoms with Gasteiger partial charge in [0.1, 0.15) is 0 Å². The number of hydrogen-bond donors (Lipinski definition) is 1. The van der Waals surface area contributed by atoms with Gasteiger partial charge in [-0.05, 0) is 64.9 Å². The molecule has 1 fully saturated rings. The van der Waals surface area contributed by atoms with Gasteiger partial charge in [-0.3, -0.25) is 4.98 Å². The van der Waals surface area contributed by atoms with Crippen molar-refractivity contribution in [1.29, 1.82) is 0 Å². The van der Waals surface area contributed by atoms with Crippen LogP contribution in [0.25, 0.3) is 5.57 Å². The van der Waals surface area contributed by atoms with Gasteiger partial charge in [0.15, 0.2) is 0 Å². The van der Waals surface area contributed by atoms with Crippen LogP contribution in [0.5, 0.6) is 0 Å². The Morgan fingerprint density at radius 1 is 1.38 bits per heavy atom. The van der Waals surface area contributed by atoms with Gasteiger partial charge in [-0.1, -0.05) is 6.08 Å². The summed E-state index contributed by atoms with van der Waals surface area (Å²) in [6.07, 6.45) is 10.1. The van der Waals surface area contributed by atoms with Gasteiger partial charge in [0.25, 0.3) is 0 Å². The molecule has 1 saturated heterocycles. The number of hydrogen-bond acceptors (Lipinski definition) is 2. The van der Waals surface area contributed by atoms with E-state index in [1.165, 1.54) is 30.4 Å². The van der Waals surface area contributed by atoms with Crippen molar-refractivity contribution in [2.75, 3.05) is 6.54 Å². The minimum Gasteiger partial charge on any atom is -0.310 e. The molecular formula is C13H15BrN2. The maximum Gasteiger partial charge on any atom is 0.0410 e. The van der Waals surface area contributed by atoms with Crippen LogP contribution < -0.4 is 5.32 Å². The molecule has 1 N–H and O–H groups in total. The summed E-state index contributed by atoms with van der Waals surface area (Å²) in [5, 5.41) is 3.64. The van der Waals surface area contributed by atoms with Crippen molar-refractivity contribution in [2.45, 2.75) is 25.3 Å². The molecule has 1 aromatic heterocycles. The molecule has 84 valence electrons. The lowest BCUT2D eigenvalue weighted by Crippen LogP contribution is -2.39. The van der Waals surface area contributed by atoms with Gasteiger partial charge in [0.2, 0.25) is 0 Å². The van der Waals surface area contributed by atoms with Gasteiger partial charge < -0.3 is 5.32 Å². The number of nitrogens with one attached hydrogen (secondary N) is 1. The monoisotopic (exact) mass is 278 g/mol. The minimum atomic E-state index is 0.560. The lowest BCUT2D eigenvalue weighted by atomic mass is 9.89. The van der Waals surface area contributed by atoms with Crippen molar-refractivity contribution < 1.29 is 0 Å². The molecule has 2 atom stereocenters. The van der Waals surface area contributed by atoms with Crippen molar-refractivity contribution in [3.63, 3.8) is 0 Å². The van der Waals surface area contributed by atoms with Crippen LogP contribution in [0.4, 0.5) is 0 Å². The zero-order chi connectivity index (χ0) is 11.0. The molecule has 3 rings (SSSR count). The summed E-state index contributed by atoms with van der Waals surface area (Å²) in [5.41, 5.74) is 2.70. The van der Waals surface area contributed by atoms with E-state index in [1.807, 2.05) is 12.4 Å². The van der Waals surface area contributed by atoms with Crippen molar-refractivity contribution in [1.82, 2.24) is 10.3 Å². The van der Waals surface area contributed by atoms with Crippen LogP contribution in [-0.2, 0) is 0 Å². The average Bonchev–Trinajstić information content (AvgIpc) is 2.72. The molecular weight excluding hydrogens is 264 g/mol. The molecule has 16 heavy (non-hydrogen) atoms. The highest BCUT2D eigenvalue weighted by Gasteiger charge is 2.32. The predicted molar refractivity (Wildman–Crippen MR) is 69.0 cm³/mol. The minimum absolute atomic E-state index is 0.560. The van der Waals surface area contributed by atoms with E-state index in [9.17, 15) is 0 Å². The Bertz CT molecular complexity index is 428. The highest BCUT2D eigenvalue weighted by molar-refractivity contribution is 9.10. The summed E-state index contributed by atoms with van der Waals surface area (Å²) >= 11 is 3.49.